The van der Waals surface area contributed by atoms with E-state index in [9.17, 15) is 9.59 Å². The number of carbonyl (C=O) groups excluding carboxylic acids is 2. The van der Waals surface area contributed by atoms with E-state index in [2.05, 4.69) is 0 Å². The van der Waals surface area contributed by atoms with Gasteiger partial charge in [-0.25, -0.2) is 4.79 Å². The SMILES string of the molecule is CCOC(=O)C1=C(N)OC2=C(C(=O)CC(C)(C)C2)[C@H]1c1ccc(OCC)cc1. The first-order valence-corrected chi connectivity index (χ1v) is 9.61. The number of Topliss-reactive ketones (excluding diaryl/α,β-unsaturated/α-hetero) is 1. The van der Waals surface area contributed by atoms with Crippen LogP contribution in [0.5, 0.6) is 5.75 Å². The van der Waals surface area contributed by atoms with Crippen molar-refractivity contribution < 1.29 is 23.8 Å². The molecule has 0 saturated heterocycles. The first-order chi connectivity index (χ1) is 13.3. The Labute approximate surface area is 165 Å². The van der Waals surface area contributed by atoms with Gasteiger partial charge in [-0.2, -0.15) is 0 Å². The van der Waals surface area contributed by atoms with Crippen molar-refractivity contribution in [2.75, 3.05) is 13.2 Å². The molecule has 3 rings (SSSR count). The highest BCUT2D eigenvalue weighted by Gasteiger charge is 2.44. The van der Waals surface area contributed by atoms with Crippen LogP contribution in [0.3, 0.4) is 0 Å². The third-order valence-corrected chi connectivity index (χ3v) is 4.97. The van der Waals surface area contributed by atoms with Crippen molar-refractivity contribution in [2.45, 2.75) is 46.5 Å². The highest BCUT2D eigenvalue weighted by atomic mass is 16.5. The molecule has 0 fully saturated rings. The normalized spacial score (nSPS) is 21.1. The third kappa shape index (κ3) is 3.77. The minimum absolute atomic E-state index is 0.00147. The predicted molar refractivity (Wildman–Crippen MR) is 104 cm³/mol. The molecule has 0 spiro atoms. The molecule has 150 valence electrons. The molecule has 0 aromatic heterocycles. The predicted octanol–water partition coefficient (Wildman–Crippen LogP) is 3.58. The lowest BCUT2D eigenvalue weighted by Crippen LogP contribution is -2.35. The van der Waals surface area contributed by atoms with E-state index < -0.39 is 11.9 Å². The third-order valence-electron chi connectivity index (χ3n) is 4.97. The average Bonchev–Trinajstić information content (AvgIpc) is 2.60. The minimum Gasteiger partial charge on any atom is -0.494 e. The monoisotopic (exact) mass is 385 g/mol. The first kappa shape index (κ1) is 20.0. The second kappa shape index (κ2) is 7.70. The molecule has 1 aliphatic heterocycles. The van der Waals surface area contributed by atoms with Crippen molar-refractivity contribution in [1.82, 2.24) is 0 Å². The maximum absolute atomic E-state index is 13.1. The van der Waals surface area contributed by atoms with Crippen molar-refractivity contribution in [1.29, 1.82) is 0 Å². The van der Waals surface area contributed by atoms with Crippen LogP contribution in [-0.2, 0) is 19.1 Å². The topological polar surface area (TPSA) is 87.9 Å². The summed E-state index contributed by atoms with van der Waals surface area (Å²) in [6.45, 7) is 8.44. The van der Waals surface area contributed by atoms with Gasteiger partial charge in [-0.15, -0.1) is 0 Å². The second-order valence-electron chi connectivity index (χ2n) is 7.81. The Hall–Kier alpha value is -2.76. The molecule has 0 unspecified atom stereocenters. The molecule has 0 amide bonds. The summed E-state index contributed by atoms with van der Waals surface area (Å²) in [5.74, 6) is 0.0649. The number of ether oxygens (including phenoxy) is 3. The second-order valence-corrected chi connectivity index (χ2v) is 7.81. The first-order valence-electron chi connectivity index (χ1n) is 9.61. The van der Waals surface area contributed by atoms with Crippen LogP contribution in [0.1, 0.15) is 52.0 Å². The van der Waals surface area contributed by atoms with Crippen molar-refractivity contribution in [3.63, 3.8) is 0 Å². The molecule has 2 N–H and O–H groups in total. The van der Waals surface area contributed by atoms with Crippen molar-refractivity contribution in [2.24, 2.45) is 11.1 Å². The number of hydrogen-bond donors (Lipinski definition) is 1. The Morgan fingerprint density at radius 1 is 1.18 bits per heavy atom. The molecule has 0 bridgehead atoms. The molecule has 28 heavy (non-hydrogen) atoms. The molecular weight excluding hydrogens is 358 g/mol. The van der Waals surface area contributed by atoms with Gasteiger partial charge in [0.1, 0.15) is 17.1 Å². The fourth-order valence-corrected chi connectivity index (χ4v) is 3.85. The summed E-state index contributed by atoms with van der Waals surface area (Å²) in [5, 5.41) is 0. The van der Waals surface area contributed by atoms with Gasteiger partial charge in [-0.05, 0) is 37.0 Å². The molecule has 1 atom stereocenters. The van der Waals surface area contributed by atoms with Gasteiger partial charge in [0.2, 0.25) is 5.88 Å². The van der Waals surface area contributed by atoms with E-state index in [1.165, 1.54) is 0 Å². The van der Waals surface area contributed by atoms with Gasteiger partial charge in [0.05, 0.1) is 19.1 Å². The van der Waals surface area contributed by atoms with E-state index >= 15 is 0 Å². The van der Waals surface area contributed by atoms with Crippen molar-refractivity contribution in [3.8, 4) is 5.75 Å². The van der Waals surface area contributed by atoms with Crippen LogP contribution < -0.4 is 10.5 Å². The summed E-state index contributed by atoms with van der Waals surface area (Å²) in [4.78, 5) is 25.7. The number of rotatable bonds is 5. The van der Waals surface area contributed by atoms with Crippen LogP contribution in [-0.4, -0.2) is 25.0 Å². The van der Waals surface area contributed by atoms with E-state index in [-0.39, 0.29) is 29.3 Å². The number of allylic oxidation sites excluding steroid dienone is 2. The molecule has 1 heterocycles. The number of hydrogen-bond acceptors (Lipinski definition) is 6. The molecular formula is C22H27NO5. The fourth-order valence-electron chi connectivity index (χ4n) is 3.85. The number of nitrogens with two attached hydrogens (primary N) is 1. The molecule has 0 saturated carbocycles. The Morgan fingerprint density at radius 2 is 1.86 bits per heavy atom. The van der Waals surface area contributed by atoms with Gasteiger partial charge < -0.3 is 19.9 Å². The van der Waals surface area contributed by atoms with Crippen molar-refractivity contribution in [3.05, 3.63) is 52.6 Å². The smallest absolute Gasteiger partial charge is 0.340 e. The van der Waals surface area contributed by atoms with Crippen LogP contribution in [0.25, 0.3) is 0 Å². The summed E-state index contributed by atoms with van der Waals surface area (Å²) in [5.41, 5.74) is 7.38. The Kier molecular flexibility index (Phi) is 5.49. The lowest BCUT2D eigenvalue weighted by Gasteiger charge is -2.37. The standard InChI is InChI=1S/C22H27NO5/c1-5-26-14-9-7-13(8-10-14)17-18-15(24)11-22(3,4)12-16(18)28-20(23)19(17)21(25)27-6-2/h7-10,17H,5-6,11-12,23H2,1-4H3/t17-/m1/s1. The lowest BCUT2D eigenvalue weighted by atomic mass is 9.70. The highest BCUT2D eigenvalue weighted by Crippen LogP contribution is 2.48. The molecule has 2 aliphatic rings. The number of carbonyl (C=O) groups is 2. The summed E-state index contributed by atoms with van der Waals surface area (Å²) in [6, 6.07) is 7.35. The zero-order valence-corrected chi connectivity index (χ0v) is 16.8. The van der Waals surface area contributed by atoms with E-state index in [0.717, 1.165) is 11.3 Å². The van der Waals surface area contributed by atoms with Crippen LogP contribution in [0, 0.1) is 5.41 Å². The summed E-state index contributed by atoms with van der Waals surface area (Å²) >= 11 is 0. The Morgan fingerprint density at radius 3 is 2.46 bits per heavy atom. The Bertz CT molecular complexity index is 848. The summed E-state index contributed by atoms with van der Waals surface area (Å²) in [7, 11) is 0. The molecule has 1 aromatic rings. The summed E-state index contributed by atoms with van der Waals surface area (Å²) < 4.78 is 16.5. The fraction of sp³-hybridized carbons (Fsp3) is 0.455. The molecule has 0 radical (unpaired) electrons. The largest absolute Gasteiger partial charge is 0.494 e. The van der Waals surface area contributed by atoms with Gasteiger partial charge >= 0.3 is 5.97 Å². The Balaban J connectivity index is 2.12. The van der Waals surface area contributed by atoms with Crippen molar-refractivity contribution >= 4 is 11.8 Å². The molecule has 1 aliphatic carbocycles. The van der Waals surface area contributed by atoms with Crippen LogP contribution in [0.15, 0.2) is 47.1 Å². The lowest BCUT2D eigenvalue weighted by molar-refractivity contribution is -0.139. The summed E-state index contributed by atoms with van der Waals surface area (Å²) in [6.07, 6.45) is 0.969. The van der Waals surface area contributed by atoms with E-state index in [0.29, 0.717) is 30.8 Å². The zero-order chi connectivity index (χ0) is 20.5. The van der Waals surface area contributed by atoms with Gasteiger partial charge in [-0.3, -0.25) is 4.79 Å². The van der Waals surface area contributed by atoms with Gasteiger partial charge in [-0.1, -0.05) is 26.0 Å². The van der Waals surface area contributed by atoms with E-state index in [1.54, 1.807) is 6.92 Å². The molecule has 6 heteroatoms. The van der Waals surface area contributed by atoms with E-state index in [4.69, 9.17) is 19.9 Å². The highest BCUT2D eigenvalue weighted by molar-refractivity contribution is 6.03. The molecule has 1 aromatic carbocycles. The maximum atomic E-state index is 13.1. The number of esters is 1. The van der Waals surface area contributed by atoms with E-state index in [1.807, 2.05) is 45.0 Å². The van der Waals surface area contributed by atoms with Gasteiger partial charge in [0, 0.05) is 18.4 Å². The van der Waals surface area contributed by atoms with Gasteiger partial charge in [0.15, 0.2) is 5.78 Å². The zero-order valence-electron chi connectivity index (χ0n) is 16.8. The molecule has 6 nitrogen and oxygen atoms in total. The minimum atomic E-state index is -0.609. The number of benzene rings is 1. The maximum Gasteiger partial charge on any atom is 0.340 e. The van der Waals surface area contributed by atoms with Crippen LogP contribution >= 0.6 is 0 Å². The average molecular weight is 385 g/mol. The quantitative estimate of drug-likeness (QED) is 0.780. The number of ketones is 1. The van der Waals surface area contributed by atoms with Crippen LogP contribution in [0.2, 0.25) is 0 Å². The van der Waals surface area contributed by atoms with Gasteiger partial charge in [0.25, 0.3) is 0 Å². The van der Waals surface area contributed by atoms with Crippen LogP contribution in [0.4, 0.5) is 0 Å².